The number of anilines is 1. The van der Waals surface area contributed by atoms with Crippen LogP contribution in [0.15, 0.2) is 36.4 Å². The van der Waals surface area contributed by atoms with Crippen LogP contribution in [0.2, 0.25) is 0 Å². The molecule has 0 saturated heterocycles. The van der Waals surface area contributed by atoms with Crippen LogP contribution in [0.3, 0.4) is 0 Å². The molecule has 0 amide bonds. The van der Waals surface area contributed by atoms with Gasteiger partial charge in [-0.15, -0.1) is 0 Å². The van der Waals surface area contributed by atoms with Gasteiger partial charge in [0.2, 0.25) is 0 Å². The molecular weight excluding hydrogens is 264 g/mol. The van der Waals surface area contributed by atoms with Crippen molar-refractivity contribution in [2.75, 3.05) is 5.32 Å². The predicted octanol–water partition coefficient (Wildman–Crippen LogP) is 3.58. The molecule has 5 heteroatoms. The van der Waals surface area contributed by atoms with Gasteiger partial charge in [-0.1, -0.05) is 18.2 Å². The van der Waals surface area contributed by atoms with E-state index in [1.807, 2.05) is 0 Å². The van der Waals surface area contributed by atoms with Crippen molar-refractivity contribution in [2.45, 2.75) is 13.5 Å². The Kier molecular flexibility index (Phi) is 3.98. The Morgan fingerprint density at radius 3 is 2.60 bits per heavy atom. The molecule has 0 saturated carbocycles. The Bertz CT molecular complexity index is 656. The number of hydrogen-bond donors (Lipinski definition) is 2. The summed E-state index contributed by atoms with van der Waals surface area (Å²) in [5, 5.41) is 11.8. The number of carboxylic acid groups (broad SMARTS) is 1. The number of hydrogen-bond acceptors (Lipinski definition) is 2. The van der Waals surface area contributed by atoms with Gasteiger partial charge >= 0.3 is 5.97 Å². The van der Waals surface area contributed by atoms with Crippen molar-refractivity contribution in [1.29, 1.82) is 0 Å². The quantitative estimate of drug-likeness (QED) is 0.898. The maximum absolute atomic E-state index is 13.6. The fourth-order valence-corrected chi connectivity index (χ4v) is 1.86. The first-order valence-corrected chi connectivity index (χ1v) is 5.99. The second-order valence-electron chi connectivity index (χ2n) is 4.40. The van der Waals surface area contributed by atoms with Crippen LogP contribution in [0.25, 0.3) is 0 Å². The van der Waals surface area contributed by atoms with Crippen molar-refractivity contribution in [3.63, 3.8) is 0 Å². The van der Waals surface area contributed by atoms with E-state index in [0.29, 0.717) is 5.56 Å². The fraction of sp³-hybridized carbons (Fsp3) is 0.133. The molecule has 0 aliphatic heterocycles. The molecule has 20 heavy (non-hydrogen) atoms. The molecule has 0 bridgehead atoms. The van der Waals surface area contributed by atoms with E-state index in [1.54, 1.807) is 18.2 Å². The summed E-state index contributed by atoms with van der Waals surface area (Å²) in [6.07, 6.45) is 0. The van der Waals surface area contributed by atoms with Crippen LogP contribution < -0.4 is 5.32 Å². The van der Waals surface area contributed by atoms with E-state index in [0.717, 1.165) is 12.1 Å². The van der Waals surface area contributed by atoms with Crippen molar-refractivity contribution in [1.82, 2.24) is 0 Å². The molecule has 3 nitrogen and oxygen atoms in total. The van der Waals surface area contributed by atoms with Crippen LogP contribution in [-0.2, 0) is 6.54 Å². The van der Waals surface area contributed by atoms with Crippen LogP contribution in [0.4, 0.5) is 14.5 Å². The molecule has 0 aromatic heterocycles. The lowest BCUT2D eigenvalue weighted by atomic mass is 10.1. The lowest BCUT2D eigenvalue weighted by Gasteiger charge is -2.10. The molecule has 2 aromatic rings. The van der Waals surface area contributed by atoms with Crippen LogP contribution in [0.1, 0.15) is 21.5 Å². The predicted molar refractivity (Wildman–Crippen MR) is 71.8 cm³/mol. The zero-order chi connectivity index (χ0) is 14.7. The monoisotopic (exact) mass is 277 g/mol. The summed E-state index contributed by atoms with van der Waals surface area (Å²) in [7, 11) is 0. The summed E-state index contributed by atoms with van der Waals surface area (Å²) in [6.45, 7) is 1.57. The van der Waals surface area contributed by atoms with Crippen LogP contribution >= 0.6 is 0 Å². The molecule has 104 valence electrons. The third-order valence-electron chi connectivity index (χ3n) is 2.97. The second kappa shape index (κ2) is 5.69. The van der Waals surface area contributed by atoms with E-state index < -0.39 is 17.6 Å². The van der Waals surface area contributed by atoms with Crippen molar-refractivity contribution in [3.8, 4) is 0 Å². The summed E-state index contributed by atoms with van der Waals surface area (Å²) in [6, 6.07) is 8.55. The van der Waals surface area contributed by atoms with Gasteiger partial charge < -0.3 is 10.4 Å². The highest BCUT2D eigenvalue weighted by Gasteiger charge is 2.11. The first-order valence-electron chi connectivity index (χ1n) is 5.99. The van der Waals surface area contributed by atoms with Crippen molar-refractivity contribution < 1.29 is 18.7 Å². The minimum Gasteiger partial charge on any atom is -0.478 e. The van der Waals surface area contributed by atoms with Gasteiger partial charge in [-0.3, -0.25) is 0 Å². The number of halogens is 2. The van der Waals surface area contributed by atoms with Crippen LogP contribution in [-0.4, -0.2) is 11.1 Å². The van der Waals surface area contributed by atoms with E-state index >= 15 is 0 Å². The van der Waals surface area contributed by atoms with Gasteiger partial charge in [0, 0.05) is 12.6 Å². The van der Waals surface area contributed by atoms with Crippen LogP contribution in [0.5, 0.6) is 0 Å². The summed E-state index contributed by atoms with van der Waals surface area (Å²) < 4.78 is 27.0. The van der Waals surface area contributed by atoms with Gasteiger partial charge in [-0.05, 0) is 30.2 Å². The molecule has 0 unspecified atom stereocenters. The first kappa shape index (κ1) is 14.0. The number of carbonyl (C=O) groups is 1. The Balaban J connectivity index is 2.21. The van der Waals surface area contributed by atoms with Gasteiger partial charge in [-0.2, -0.15) is 0 Å². The molecule has 0 aliphatic carbocycles. The number of nitrogens with one attached hydrogen (secondary N) is 1. The summed E-state index contributed by atoms with van der Waals surface area (Å²) >= 11 is 0. The first-order chi connectivity index (χ1) is 9.49. The van der Waals surface area contributed by atoms with E-state index in [1.165, 1.54) is 13.0 Å². The molecule has 2 rings (SSSR count). The van der Waals surface area contributed by atoms with Gasteiger partial charge in [0.05, 0.1) is 11.3 Å². The third kappa shape index (κ3) is 2.93. The van der Waals surface area contributed by atoms with E-state index in [-0.39, 0.29) is 23.4 Å². The Hall–Kier alpha value is -2.43. The Morgan fingerprint density at radius 1 is 1.20 bits per heavy atom. The van der Waals surface area contributed by atoms with Gasteiger partial charge in [0.15, 0.2) is 0 Å². The zero-order valence-corrected chi connectivity index (χ0v) is 10.8. The maximum Gasteiger partial charge on any atom is 0.336 e. The zero-order valence-electron chi connectivity index (χ0n) is 10.8. The Labute approximate surface area is 114 Å². The molecule has 0 radical (unpaired) electrons. The largest absolute Gasteiger partial charge is 0.478 e. The molecule has 0 aliphatic rings. The summed E-state index contributed by atoms with van der Waals surface area (Å²) in [4.78, 5) is 11.0. The third-order valence-corrected chi connectivity index (χ3v) is 2.97. The smallest absolute Gasteiger partial charge is 0.336 e. The van der Waals surface area contributed by atoms with Crippen molar-refractivity contribution in [2.24, 2.45) is 0 Å². The number of aromatic carboxylic acids is 1. The highest BCUT2D eigenvalue weighted by Crippen LogP contribution is 2.20. The number of carboxylic acids is 1. The van der Waals surface area contributed by atoms with E-state index in [4.69, 9.17) is 5.11 Å². The molecule has 0 spiro atoms. The molecule has 2 aromatic carbocycles. The molecule has 0 atom stereocenters. The molecule has 2 N–H and O–H groups in total. The van der Waals surface area contributed by atoms with Gasteiger partial charge in [-0.25, -0.2) is 13.6 Å². The molecule has 0 heterocycles. The molecular formula is C15H13F2NO2. The number of rotatable bonds is 4. The minimum absolute atomic E-state index is 0.00768. The van der Waals surface area contributed by atoms with Crippen molar-refractivity contribution in [3.05, 3.63) is 64.7 Å². The second-order valence-corrected chi connectivity index (χ2v) is 4.40. The number of benzene rings is 2. The average molecular weight is 277 g/mol. The minimum atomic E-state index is -1.06. The highest BCUT2D eigenvalue weighted by atomic mass is 19.1. The van der Waals surface area contributed by atoms with Gasteiger partial charge in [0.25, 0.3) is 0 Å². The molecule has 0 fully saturated rings. The standard InChI is InChI=1S/C15H13F2NO2/c1-9-6-13(17)14(7-12(9)16)18-8-10-4-2-3-5-11(10)15(19)20/h2-7,18H,8H2,1H3,(H,19,20). The van der Waals surface area contributed by atoms with Crippen molar-refractivity contribution >= 4 is 11.7 Å². The van der Waals surface area contributed by atoms with E-state index in [9.17, 15) is 13.6 Å². The van der Waals surface area contributed by atoms with Gasteiger partial charge in [0.1, 0.15) is 11.6 Å². The van der Waals surface area contributed by atoms with Crippen LogP contribution in [0, 0.1) is 18.6 Å². The maximum atomic E-state index is 13.6. The average Bonchev–Trinajstić information content (AvgIpc) is 2.41. The topological polar surface area (TPSA) is 49.3 Å². The normalized spacial score (nSPS) is 10.3. The fourth-order valence-electron chi connectivity index (χ4n) is 1.86. The lowest BCUT2D eigenvalue weighted by Crippen LogP contribution is -2.08. The lowest BCUT2D eigenvalue weighted by molar-refractivity contribution is 0.0696. The summed E-state index contributed by atoms with van der Waals surface area (Å²) in [5.41, 5.74) is 0.862. The highest BCUT2D eigenvalue weighted by molar-refractivity contribution is 5.89. The number of aryl methyl sites for hydroxylation is 1. The summed E-state index contributed by atoms with van der Waals surface area (Å²) in [5.74, 6) is -2.14. The Morgan fingerprint density at radius 2 is 1.90 bits per heavy atom. The SMILES string of the molecule is Cc1cc(F)c(NCc2ccccc2C(=O)O)cc1F. The van der Waals surface area contributed by atoms with E-state index in [2.05, 4.69) is 5.32 Å².